The van der Waals surface area contributed by atoms with Crippen LogP contribution in [0.1, 0.15) is 12.0 Å². The number of nitrogens with one attached hydrogen (secondary N) is 3. The van der Waals surface area contributed by atoms with E-state index < -0.39 is 29.1 Å². The van der Waals surface area contributed by atoms with Gasteiger partial charge < -0.3 is 24.9 Å². The van der Waals surface area contributed by atoms with E-state index in [1.165, 1.54) is 23.2 Å². The zero-order valence-corrected chi connectivity index (χ0v) is 22.6. The fourth-order valence-corrected chi connectivity index (χ4v) is 6.61. The lowest BCUT2D eigenvalue weighted by molar-refractivity contribution is -0.150. The smallest absolute Gasteiger partial charge is 0.355 e. The predicted octanol–water partition coefficient (Wildman–Crippen LogP) is 1.25. The van der Waals surface area contributed by atoms with Crippen LogP contribution in [0.15, 0.2) is 51.9 Å². The van der Waals surface area contributed by atoms with Crippen molar-refractivity contribution in [1.82, 2.24) is 25.4 Å². The van der Waals surface area contributed by atoms with Gasteiger partial charge in [-0.1, -0.05) is 29.1 Å². The van der Waals surface area contributed by atoms with E-state index >= 15 is 0 Å². The molecule has 0 bridgehead atoms. The van der Waals surface area contributed by atoms with Gasteiger partial charge in [0, 0.05) is 5.57 Å². The third kappa shape index (κ3) is 5.93. The lowest BCUT2D eigenvalue weighted by Crippen LogP contribution is -2.68. The molecule has 1 aromatic rings. The first-order valence-electron chi connectivity index (χ1n) is 11.1. The van der Waals surface area contributed by atoms with Gasteiger partial charge in [-0.25, -0.2) is 9.18 Å². The van der Waals surface area contributed by atoms with Crippen molar-refractivity contribution >= 4 is 65.7 Å². The molecule has 3 aliphatic rings. The van der Waals surface area contributed by atoms with Crippen molar-refractivity contribution in [1.29, 1.82) is 0 Å². The summed E-state index contributed by atoms with van der Waals surface area (Å²) in [4.78, 5) is 56.8. The Morgan fingerprint density at radius 2 is 2.13 bits per heavy atom. The van der Waals surface area contributed by atoms with Gasteiger partial charge in [0.1, 0.15) is 29.3 Å². The molecule has 3 amide bonds. The zero-order valence-electron chi connectivity index (χ0n) is 20.2. The van der Waals surface area contributed by atoms with Gasteiger partial charge in [0.2, 0.25) is 17.3 Å². The van der Waals surface area contributed by atoms with Crippen molar-refractivity contribution in [3.63, 3.8) is 0 Å². The number of carbonyl (C=O) groups excluding carboxylic acids is 4. The molecule has 1 unspecified atom stereocenters. The maximum atomic E-state index is 13.5. The minimum Gasteiger partial charge on any atom is -0.497 e. The van der Waals surface area contributed by atoms with E-state index in [0.29, 0.717) is 29.0 Å². The van der Waals surface area contributed by atoms with Gasteiger partial charge in [0.25, 0.3) is 12.8 Å². The number of methoxy groups -OCH3 is 1. The number of esters is 1. The highest BCUT2D eigenvalue weighted by Crippen LogP contribution is 2.51. The predicted molar refractivity (Wildman–Crippen MR) is 140 cm³/mol. The molecule has 3 N–H and O–H groups in total. The SMILES string of the molecule is COc1ccc(COC(=O)C2=C(CCl)C(NC(=O)/C=N\OCF)(N3C=C(NC=O)SN3)S[C@@H]3CC(=O)N23)cc1. The Morgan fingerprint density at radius 1 is 1.36 bits per heavy atom. The van der Waals surface area contributed by atoms with Crippen LogP contribution in [0.25, 0.3) is 0 Å². The normalized spacial score (nSPS) is 22.2. The summed E-state index contributed by atoms with van der Waals surface area (Å²) in [6.45, 7) is -1.35. The van der Waals surface area contributed by atoms with E-state index in [1.54, 1.807) is 24.3 Å². The van der Waals surface area contributed by atoms with Gasteiger partial charge in [-0.15, -0.1) is 11.6 Å². The number of hydrogen-bond donors (Lipinski definition) is 3. The van der Waals surface area contributed by atoms with Crippen molar-refractivity contribution < 1.29 is 37.9 Å². The second kappa shape index (κ2) is 12.6. The maximum absolute atomic E-state index is 13.5. The van der Waals surface area contributed by atoms with Gasteiger partial charge >= 0.3 is 5.97 Å². The third-order valence-corrected chi connectivity index (χ3v) is 8.17. The number of alkyl halides is 2. The number of oxime groups is 1. The summed E-state index contributed by atoms with van der Waals surface area (Å²) in [6, 6.07) is 6.86. The number of rotatable bonds is 12. The Morgan fingerprint density at radius 3 is 2.77 bits per heavy atom. The number of amides is 3. The van der Waals surface area contributed by atoms with Crippen molar-refractivity contribution in [2.75, 3.05) is 19.9 Å². The number of fused-ring (bicyclic) bond motifs is 1. The molecule has 1 fully saturated rings. The molecule has 208 valence electrons. The van der Waals surface area contributed by atoms with Crippen LogP contribution in [0.3, 0.4) is 0 Å². The van der Waals surface area contributed by atoms with Crippen molar-refractivity contribution in [2.45, 2.75) is 23.4 Å². The first-order valence-corrected chi connectivity index (χ1v) is 13.4. The third-order valence-electron chi connectivity index (χ3n) is 5.63. The average Bonchev–Trinajstić information content (AvgIpc) is 3.40. The van der Waals surface area contributed by atoms with Crippen LogP contribution in [0.4, 0.5) is 4.39 Å². The molecule has 1 aromatic carbocycles. The van der Waals surface area contributed by atoms with Crippen LogP contribution < -0.4 is 20.2 Å². The Labute approximate surface area is 235 Å². The van der Waals surface area contributed by atoms with Crippen LogP contribution in [0.2, 0.25) is 0 Å². The molecule has 2 atom stereocenters. The van der Waals surface area contributed by atoms with Crippen LogP contribution >= 0.6 is 35.3 Å². The Hall–Kier alpha value is -3.47. The highest BCUT2D eigenvalue weighted by Gasteiger charge is 2.58. The van der Waals surface area contributed by atoms with Gasteiger partial charge in [-0.3, -0.25) is 24.3 Å². The zero-order chi connectivity index (χ0) is 28.0. The summed E-state index contributed by atoms with van der Waals surface area (Å²) in [5.41, 5.74) is 0.651. The van der Waals surface area contributed by atoms with Crippen molar-refractivity contribution in [2.24, 2.45) is 5.16 Å². The molecule has 17 heteroatoms. The minimum absolute atomic E-state index is 0.0658. The molecule has 13 nitrogen and oxygen atoms in total. The molecule has 3 aliphatic heterocycles. The van der Waals surface area contributed by atoms with Crippen molar-refractivity contribution in [3.05, 3.63) is 52.3 Å². The number of β-lactam (4-membered cyclic amide) rings is 1. The standard InChI is InChI=1S/C22H22ClFN6O7S2/c1-35-14-4-2-13(3-5-14)10-36-21(34)20-15(7-23)22(27-16(32)8-26-37-11-24,38-19-6-18(33)30(19)20)29-9-17(25-12-31)39-28-29/h2-5,8-9,12,19,28H,6-7,10-11H2,1H3,(H,25,31)(H,27,32)/b26-8-/t19-,22?/m1/s1. The van der Waals surface area contributed by atoms with E-state index in [1.807, 2.05) is 0 Å². The topological polar surface area (TPSA) is 151 Å². The average molecular weight is 601 g/mol. The lowest BCUT2D eigenvalue weighted by atomic mass is 10.0. The quantitative estimate of drug-likeness (QED) is 0.0605. The fraction of sp³-hybridized carbons (Fsp3) is 0.318. The first kappa shape index (κ1) is 28.5. The van der Waals surface area contributed by atoms with Crippen LogP contribution in [0, 0.1) is 0 Å². The number of halogens is 2. The van der Waals surface area contributed by atoms with E-state index in [0.717, 1.165) is 23.7 Å². The second-order valence-corrected chi connectivity index (χ2v) is 10.3. The number of nitrogens with zero attached hydrogens (tertiary/aromatic N) is 3. The maximum Gasteiger partial charge on any atom is 0.355 e. The van der Waals surface area contributed by atoms with Crippen LogP contribution in [0.5, 0.6) is 5.75 Å². The number of hydrogen-bond acceptors (Lipinski definition) is 12. The summed E-state index contributed by atoms with van der Waals surface area (Å²) >= 11 is 8.51. The summed E-state index contributed by atoms with van der Waals surface area (Å²) < 4.78 is 23.0. The number of benzene rings is 1. The fourth-order valence-electron chi connectivity index (χ4n) is 3.87. The van der Waals surface area contributed by atoms with Gasteiger partial charge in [0.15, 0.2) is 0 Å². The molecular weight excluding hydrogens is 579 g/mol. The molecule has 1 saturated heterocycles. The van der Waals surface area contributed by atoms with Gasteiger partial charge in [0.05, 0.1) is 31.0 Å². The van der Waals surface area contributed by atoms with Crippen LogP contribution in [-0.2, 0) is 35.4 Å². The molecule has 39 heavy (non-hydrogen) atoms. The van der Waals surface area contributed by atoms with E-state index in [4.69, 9.17) is 21.1 Å². The van der Waals surface area contributed by atoms with Gasteiger partial charge in [-0.2, -0.15) is 4.83 Å². The lowest BCUT2D eigenvalue weighted by Gasteiger charge is -2.53. The second-order valence-electron chi connectivity index (χ2n) is 7.85. The summed E-state index contributed by atoms with van der Waals surface area (Å²) in [5, 5.41) is 9.69. The van der Waals surface area contributed by atoms with E-state index in [-0.39, 0.29) is 36.1 Å². The molecular formula is C22H22ClFN6O7S2. The number of thioether (sulfide) groups is 1. The van der Waals surface area contributed by atoms with Crippen molar-refractivity contribution in [3.8, 4) is 5.75 Å². The molecule has 3 heterocycles. The van der Waals surface area contributed by atoms with E-state index in [9.17, 15) is 23.6 Å². The molecule has 0 spiro atoms. The summed E-state index contributed by atoms with van der Waals surface area (Å²) in [5.74, 6) is -1.67. The van der Waals surface area contributed by atoms with E-state index in [2.05, 4.69) is 25.5 Å². The highest BCUT2D eigenvalue weighted by molar-refractivity contribution is 8.02. The number of ether oxygens (including phenoxy) is 2. The first-order chi connectivity index (χ1) is 18.9. The Balaban J connectivity index is 1.73. The molecule has 0 radical (unpaired) electrons. The molecule has 0 aromatic heterocycles. The Bertz CT molecular complexity index is 1230. The molecule has 4 rings (SSSR count). The molecule has 0 aliphatic carbocycles. The summed E-state index contributed by atoms with van der Waals surface area (Å²) in [6.07, 6.45) is 2.73. The largest absolute Gasteiger partial charge is 0.497 e. The minimum atomic E-state index is -1.60. The highest BCUT2D eigenvalue weighted by atomic mass is 35.5. The number of carbonyl (C=O) groups is 4. The molecule has 0 saturated carbocycles. The van der Waals surface area contributed by atoms with Gasteiger partial charge in [-0.05, 0) is 29.6 Å². The number of hydrazine groups is 1. The summed E-state index contributed by atoms with van der Waals surface area (Å²) in [7, 11) is 1.53. The van der Waals surface area contributed by atoms with Crippen LogP contribution in [-0.4, -0.2) is 70.5 Å². The Kier molecular flexibility index (Phi) is 9.21. The monoisotopic (exact) mass is 600 g/mol.